The van der Waals surface area contributed by atoms with Gasteiger partial charge in [0, 0.05) is 31.3 Å². The van der Waals surface area contributed by atoms with Crippen LogP contribution in [0.2, 0.25) is 0 Å². The number of nitrogens with one attached hydrogen (secondary N) is 1. The summed E-state index contributed by atoms with van der Waals surface area (Å²) in [6.07, 6.45) is 1.79. The van der Waals surface area contributed by atoms with Gasteiger partial charge >= 0.3 is 0 Å². The van der Waals surface area contributed by atoms with Crippen LogP contribution in [0.15, 0.2) is 12.1 Å². The molecule has 1 N–H and O–H groups in total. The summed E-state index contributed by atoms with van der Waals surface area (Å²) in [6.45, 7) is 1.43. The Morgan fingerprint density at radius 1 is 1.18 bits per heavy atom. The minimum atomic E-state index is -0.859. The van der Waals surface area contributed by atoms with E-state index in [1.807, 2.05) is 0 Å². The molecule has 2 aromatic rings. The van der Waals surface area contributed by atoms with Crippen LogP contribution < -0.4 is 0 Å². The average Bonchev–Trinajstić information content (AvgIpc) is 2.74. The normalized spacial score (nSPS) is 17.8. The fraction of sp³-hybridized carbons (Fsp3) is 0.417. The zero-order valence-electron chi connectivity index (χ0n) is 9.17. The molecule has 2 heterocycles. The summed E-state index contributed by atoms with van der Waals surface area (Å²) >= 11 is 0. The van der Waals surface area contributed by atoms with Crippen LogP contribution in [-0.2, 0) is 4.74 Å². The number of imidazole rings is 1. The highest BCUT2D eigenvalue weighted by Gasteiger charge is 2.19. The molecule has 0 unspecified atom stereocenters. The smallest absolute Gasteiger partial charge is 0.161 e. The first-order chi connectivity index (χ1) is 8.24. The van der Waals surface area contributed by atoms with Crippen molar-refractivity contribution in [2.75, 3.05) is 13.2 Å². The third-order valence-electron chi connectivity index (χ3n) is 3.15. The van der Waals surface area contributed by atoms with Crippen molar-refractivity contribution in [3.63, 3.8) is 0 Å². The second kappa shape index (κ2) is 4.07. The molecule has 17 heavy (non-hydrogen) atoms. The molecule has 1 saturated heterocycles. The van der Waals surface area contributed by atoms with Crippen LogP contribution in [0, 0.1) is 11.6 Å². The summed E-state index contributed by atoms with van der Waals surface area (Å²) in [4.78, 5) is 7.38. The van der Waals surface area contributed by atoms with E-state index < -0.39 is 11.6 Å². The number of fused-ring (bicyclic) bond motifs is 1. The summed E-state index contributed by atoms with van der Waals surface area (Å²) in [5.74, 6) is -0.613. The van der Waals surface area contributed by atoms with Gasteiger partial charge in [0.2, 0.25) is 0 Å². The predicted molar refractivity (Wildman–Crippen MR) is 58.8 cm³/mol. The zero-order valence-corrected chi connectivity index (χ0v) is 9.17. The number of nitrogens with zero attached hydrogens (tertiary/aromatic N) is 1. The second-order valence-corrected chi connectivity index (χ2v) is 4.29. The molecule has 1 aromatic carbocycles. The van der Waals surface area contributed by atoms with Crippen LogP contribution in [0.1, 0.15) is 24.6 Å². The number of rotatable bonds is 1. The maximum Gasteiger partial charge on any atom is 0.161 e. The lowest BCUT2D eigenvalue weighted by Crippen LogP contribution is -2.15. The lowest BCUT2D eigenvalue weighted by molar-refractivity contribution is 0.0838. The van der Waals surface area contributed by atoms with Gasteiger partial charge in [0.1, 0.15) is 5.82 Å². The molecule has 1 aliphatic heterocycles. The number of hydrogen-bond donors (Lipinski definition) is 1. The summed E-state index contributed by atoms with van der Waals surface area (Å²) in [5, 5.41) is 0. The summed E-state index contributed by atoms with van der Waals surface area (Å²) in [6, 6.07) is 2.28. The lowest BCUT2D eigenvalue weighted by Gasteiger charge is -2.19. The van der Waals surface area contributed by atoms with E-state index in [0.29, 0.717) is 30.2 Å². The van der Waals surface area contributed by atoms with Crippen molar-refractivity contribution in [1.29, 1.82) is 0 Å². The first kappa shape index (κ1) is 10.7. The maximum absolute atomic E-state index is 13.1. The molecule has 90 valence electrons. The van der Waals surface area contributed by atoms with Gasteiger partial charge < -0.3 is 9.72 Å². The van der Waals surface area contributed by atoms with Gasteiger partial charge in [-0.15, -0.1) is 0 Å². The Labute approximate surface area is 96.8 Å². The Morgan fingerprint density at radius 3 is 2.65 bits per heavy atom. The van der Waals surface area contributed by atoms with Crippen molar-refractivity contribution >= 4 is 11.0 Å². The molecule has 0 radical (unpaired) electrons. The van der Waals surface area contributed by atoms with Gasteiger partial charge in [0.05, 0.1) is 11.0 Å². The molecule has 0 spiro atoms. The number of hydrogen-bond acceptors (Lipinski definition) is 2. The monoisotopic (exact) mass is 238 g/mol. The van der Waals surface area contributed by atoms with Crippen LogP contribution in [0.4, 0.5) is 8.78 Å². The number of aromatic amines is 1. The molecule has 0 aliphatic carbocycles. The van der Waals surface area contributed by atoms with E-state index in [4.69, 9.17) is 4.74 Å². The van der Waals surface area contributed by atoms with Crippen molar-refractivity contribution in [3.8, 4) is 0 Å². The quantitative estimate of drug-likeness (QED) is 0.829. The Hall–Kier alpha value is -1.49. The van der Waals surface area contributed by atoms with Gasteiger partial charge in [-0.05, 0) is 12.8 Å². The van der Waals surface area contributed by atoms with Crippen molar-refractivity contribution in [3.05, 3.63) is 29.6 Å². The minimum Gasteiger partial charge on any atom is -0.381 e. The highest BCUT2D eigenvalue weighted by Crippen LogP contribution is 2.27. The molecule has 0 amide bonds. The Morgan fingerprint density at radius 2 is 1.88 bits per heavy atom. The van der Waals surface area contributed by atoms with E-state index in [-0.39, 0.29) is 0 Å². The summed E-state index contributed by atoms with van der Waals surface area (Å²) < 4.78 is 31.4. The largest absolute Gasteiger partial charge is 0.381 e. The molecular formula is C12H12F2N2O. The topological polar surface area (TPSA) is 37.9 Å². The summed E-state index contributed by atoms with van der Waals surface area (Å²) in [5.41, 5.74) is 1.02. The molecule has 3 nitrogen and oxygen atoms in total. The highest BCUT2D eigenvalue weighted by molar-refractivity contribution is 5.75. The zero-order chi connectivity index (χ0) is 11.8. The molecule has 0 atom stereocenters. The third-order valence-corrected chi connectivity index (χ3v) is 3.15. The van der Waals surface area contributed by atoms with Gasteiger partial charge in [-0.3, -0.25) is 0 Å². The maximum atomic E-state index is 13.1. The number of aromatic nitrogens is 2. The van der Waals surface area contributed by atoms with Gasteiger partial charge in [0.15, 0.2) is 11.6 Å². The molecule has 1 aliphatic rings. The van der Waals surface area contributed by atoms with E-state index >= 15 is 0 Å². The van der Waals surface area contributed by atoms with Crippen LogP contribution in [0.25, 0.3) is 11.0 Å². The Bertz CT molecular complexity index is 508. The fourth-order valence-corrected chi connectivity index (χ4v) is 2.19. The highest BCUT2D eigenvalue weighted by atomic mass is 19.2. The van der Waals surface area contributed by atoms with Crippen molar-refractivity contribution in [2.24, 2.45) is 0 Å². The third kappa shape index (κ3) is 1.91. The van der Waals surface area contributed by atoms with Crippen molar-refractivity contribution in [2.45, 2.75) is 18.8 Å². The van der Waals surface area contributed by atoms with Gasteiger partial charge in [0.25, 0.3) is 0 Å². The second-order valence-electron chi connectivity index (χ2n) is 4.29. The van der Waals surface area contributed by atoms with E-state index in [9.17, 15) is 8.78 Å². The van der Waals surface area contributed by atoms with Crippen molar-refractivity contribution < 1.29 is 13.5 Å². The number of ether oxygens (including phenoxy) is 1. The number of halogens is 2. The molecule has 0 bridgehead atoms. The van der Waals surface area contributed by atoms with E-state index in [0.717, 1.165) is 30.8 Å². The van der Waals surface area contributed by atoms with E-state index in [1.54, 1.807) is 0 Å². The Kier molecular flexibility index (Phi) is 2.55. The van der Waals surface area contributed by atoms with Crippen molar-refractivity contribution in [1.82, 2.24) is 9.97 Å². The number of H-pyrrole nitrogens is 1. The molecule has 3 rings (SSSR count). The minimum absolute atomic E-state index is 0.294. The molecular weight excluding hydrogens is 226 g/mol. The van der Waals surface area contributed by atoms with E-state index in [2.05, 4.69) is 9.97 Å². The van der Waals surface area contributed by atoms with Gasteiger partial charge in [-0.2, -0.15) is 0 Å². The van der Waals surface area contributed by atoms with Crippen LogP contribution >= 0.6 is 0 Å². The SMILES string of the molecule is Fc1cc2nc(C3CCOCC3)[nH]c2cc1F. The lowest BCUT2D eigenvalue weighted by atomic mass is 10.00. The van der Waals surface area contributed by atoms with Gasteiger partial charge in [-0.1, -0.05) is 0 Å². The molecule has 1 aromatic heterocycles. The molecule has 5 heteroatoms. The first-order valence-electron chi connectivity index (χ1n) is 5.66. The molecule has 1 fully saturated rings. The predicted octanol–water partition coefficient (Wildman–Crippen LogP) is 2.74. The van der Waals surface area contributed by atoms with Gasteiger partial charge in [-0.25, -0.2) is 13.8 Å². The molecule has 0 saturated carbocycles. The Balaban J connectivity index is 2.00. The fourth-order valence-electron chi connectivity index (χ4n) is 2.19. The van der Waals surface area contributed by atoms with E-state index in [1.165, 1.54) is 0 Å². The number of benzene rings is 1. The first-order valence-corrected chi connectivity index (χ1v) is 5.66. The van der Waals surface area contributed by atoms with Crippen LogP contribution in [0.3, 0.4) is 0 Å². The average molecular weight is 238 g/mol. The standard InChI is InChI=1S/C12H12F2N2O/c13-8-5-10-11(6-9(8)14)16-12(15-10)7-1-3-17-4-2-7/h5-7H,1-4H2,(H,15,16). The van der Waals surface area contributed by atoms with Crippen LogP contribution in [0.5, 0.6) is 0 Å². The summed E-state index contributed by atoms with van der Waals surface area (Å²) in [7, 11) is 0. The van der Waals surface area contributed by atoms with Crippen LogP contribution in [-0.4, -0.2) is 23.2 Å².